The lowest BCUT2D eigenvalue weighted by Crippen LogP contribution is -2.08. The van der Waals surface area contributed by atoms with Gasteiger partial charge in [-0.15, -0.1) is 0 Å². The van der Waals surface area contributed by atoms with E-state index in [0.717, 1.165) is 6.07 Å². The Kier molecular flexibility index (Phi) is 3.28. The lowest BCUT2D eigenvalue weighted by molar-refractivity contribution is 0.0692. The Hall–Kier alpha value is -2.70. The monoisotopic (exact) mass is 263 g/mol. The van der Waals surface area contributed by atoms with Gasteiger partial charge in [0, 0.05) is 12.1 Å². The number of nitrogens with zero attached hydrogens (tertiary/aromatic N) is 2. The molecule has 0 fully saturated rings. The number of hydrogen-bond acceptors (Lipinski definition) is 5. The van der Waals surface area contributed by atoms with Gasteiger partial charge in [-0.1, -0.05) is 6.07 Å². The van der Waals surface area contributed by atoms with Crippen LogP contribution in [0.2, 0.25) is 0 Å². The van der Waals surface area contributed by atoms with Gasteiger partial charge in [-0.2, -0.15) is 0 Å². The van der Waals surface area contributed by atoms with E-state index in [-0.39, 0.29) is 23.0 Å². The van der Waals surface area contributed by atoms with Crippen LogP contribution in [0, 0.1) is 5.82 Å². The van der Waals surface area contributed by atoms with E-state index in [1.807, 2.05) is 0 Å². The summed E-state index contributed by atoms with van der Waals surface area (Å²) in [5.41, 5.74) is 4.72. The van der Waals surface area contributed by atoms with Gasteiger partial charge in [0.05, 0.1) is 18.5 Å². The molecule has 0 aliphatic rings. The summed E-state index contributed by atoms with van der Waals surface area (Å²) in [5.74, 6) is -1.81. The molecule has 0 atom stereocenters. The summed E-state index contributed by atoms with van der Waals surface area (Å²) >= 11 is 0. The first kappa shape index (κ1) is 12.7. The number of pyridine rings is 2. The van der Waals surface area contributed by atoms with Gasteiger partial charge in [-0.3, -0.25) is 0 Å². The van der Waals surface area contributed by atoms with Gasteiger partial charge < -0.3 is 15.6 Å². The summed E-state index contributed by atoms with van der Waals surface area (Å²) < 4.78 is 18.7. The fraction of sp³-hybridized carbons (Fsp3) is 0.0833. The van der Waals surface area contributed by atoms with Gasteiger partial charge in [0.2, 0.25) is 5.88 Å². The predicted octanol–water partition coefficient (Wildman–Crippen LogP) is 1.57. The maximum atomic E-state index is 13.8. The Balaban J connectivity index is 2.61. The van der Waals surface area contributed by atoms with Crippen LogP contribution >= 0.6 is 0 Å². The van der Waals surface area contributed by atoms with Gasteiger partial charge in [0.15, 0.2) is 11.5 Å². The molecule has 98 valence electrons. The number of ether oxygens (including phenoxy) is 1. The second-order valence-corrected chi connectivity index (χ2v) is 3.63. The molecule has 2 heterocycles. The fourth-order valence-electron chi connectivity index (χ4n) is 1.51. The number of nitrogen functional groups attached to an aromatic ring is 1. The van der Waals surface area contributed by atoms with E-state index in [1.165, 1.54) is 13.2 Å². The zero-order chi connectivity index (χ0) is 14.0. The van der Waals surface area contributed by atoms with Crippen LogP contribution in [-0.4, -0.2) is 28.2 Å². The van der Waals surface area contributed by atoms with Gasteiger partial charge in [0.1, 0.15) is 5.69 Å². The highest BCUT2D eigenvalue weighted by atomic mass is 19.1. The number of methoxy groups -OCH3 is 1. The molecule has 0 saturated carbocycles. The van der Waals surface area contributed by atoms with Crippen molar-refractivity contribution in [3.8, 4) is 17.3 Å². The zero-order valence-corrected chi connectivity index (χ0v) is 9.92. The number of carboxylic acid groups (broad SMARTS) is 1. The van der Waals surface area contributed by atoms with Crippen LogP contribution in [0.1, 0.15) is 10.5 Å². The second kappa shape index (κ2) is 4.89. The molecule has 0 spiro atoms. The number of aromatic nitrogens is 2. The first-order valence-corrected chi connectivity index (χ1v) is 5.23. The largest absolute Gasteiger partial charge is 0.481 e. The molecular formula is C12H10FN3O3. The molecule has 0 saturated heterocycles. The molecule has 0 unspecified atom stereocenters. The predicted molar refractivity (Wildman–Crippen MR) is 65.3 cm³/mol. The van der Waals surface area contributed by atoms with Crippen molar-refractivity contribution in [3.05, 3.63) is 35.8 Å². The summed E-state index contributed by atoms with van der Waals surface area (Å²) in [5, 5.41) is 8.92. The maximum Gasteiger partial charge on any atom is 0.356 e. The minimum Gasteiger partial charge on any atom is -0.481 e. The number of hydrogen-bond donors (Lipinski definition) is 2. The molecule has 0 radical (unpaired) electrons. The number of carboxylic acids is 1. The minimum absolute atomic E-state index is 0.166. The third-order valence-electron chi connectivity index (χ3n) is 2.38. The number of carbonyl (C=O) groups is 1. The van der Waals surface area contributed by atoms with E-state index in [1.54, 1.807) is 12.1 Å². The number of rotatable bonds is 3. The van der Waals surface area contributed by atoms with Gasteiger partial charge >= 0.3 is 5.97 Å². The smallest absolute Gasteiger partial charge is 0.356 e. The molecule has 7 heteroatoms. The number of aromatic carboxylic acids is 1. The Bertz CT molecular complexity index is 646. The van der Waals surface area contributed by atoms with Gasteiger partial charge in [-0.05, 0) is 6.07 Å². The summed E-state index contributed by atoms with van der Waals surface area (Å²) in [6, 6.07) is 5.58. The Labute approximate surface area is 107 Å². The molecule has 0 aliphatic heterocycles. The van der Waals surface area contributed by atoms with Crippen LogP contribution in [-0.2, 0) is 0 Å². The van der Waals surface area contributed by atoms with Crippen molar-refractivity contribution in [2.45, 2.75) is 0 Å². The average molecular weight is 263 g/mol. The van der Waals surface area contributed by atoms with Crippen molar-refractivity contribution < 1.29 is 19.0 Å². The van der Waals surface area contributed by atoms with Crippen molar-refractivity contribution in [1.29, 1.82) is 0 Å². The van der Waals surface area contributed by atoms with Crippen molar-refractivity contribution in [1.82, 2.24) is 9.97 Å². The summed E-state index contributed by atoms with van der Waals surface area (Å²) in [6.45, 7) is 0. The third-order valence-corrected chi connectivity index (χ3v) is 2.38. The lowest BCUT2D eigenvalue weighted by Gasteiger charge is -2.07. The summed E-state index contributed by atoms with van der Waals surface area (Å²) in [6.07, 6.45) is 0. The molecule has 0 bridgehead atoms. The van der Waals surface area contributed by atoms with Crippen molar-refractivity contribution in [2.24, 2.45) is 0 Å². The highest BCUT2D eigenvalue weighted by Gasteiger charge is 2.17. The first-order valence-electron chi connectivity index (χ1n) is 5.23. The van der Waals surface area contributed by atoms with Crippen LogP contribution in [0.15, 0.2) is 24.3 Å². The van der Waals surface area contributed by atoms with Gasteiger partial charge in [0.25, 0.3) is 0 Å². The Morgan fingerprint density at radius 2 is 2.16 bits per heavy atom. The second-order valence-electron chi connectivity index (χ2n) is 3.63. The summed E-state index contributed by atoms with van der Waals surface area (Å²) in [4.78, 5) is 18.6. The highest BCUT2D eigenvalue weighted by Crippen LogP contribution is 2.24. The molecule has 0 aromatic carbocycles. The van der Waals surface area contributed by atoms with E-state index >= 15 is 0 Å². The molecule has 6 nitrogen and oxygen atoms in total. The molecule has 2 aromatic rings. The Morgan fingerprint density at radius 1 is 1.42 bits per heavy atom. The molecule has 2 aromatic heterocycles. The quantitative estimate of drug-likeness (QED) is 0.872. The van der Waals surface area contributed by atoms with Crippen molar-refractivity contribution in [3.63, 3.8) is 0 Å². The van der Waals surface area contributed by atoms with Crippen LogP contribution < -0.4 is 10.5 Å². The molecule has 0 aliphatic carbocycles. The molecule has 2 rings (SSSR count). The topological polar surface area (TPSA) is 98.3 Å². The molecule has 3 N–H and O–H groups in total. The van der Waals surface area contributed by atoms with E-state index in [0.29, 0.717) is 0 Å². The first-order chi connectivity index (χ1) is 9.02. The van der Waals surface area contributed by atoms with Crippen LogP contribution in [0.3, 0.4) is 0 Å². The normalized spacial score (nSPS) is 10.2. The number of halogens is 1. The third kappa shape index (κ3) is 2.44. The number of nitrogens with two attached hydrogens (primary N) is 1. The summed E-state index contributed by atoms with van der Waals surface area (Å²) in [7, 11) is 1.42. The minimum atomic E-state index is -1.33. The van der Waals surface area contributed by atoms with Crippen LogP contribution in [0.25, 0.3) is 11.4 Å². The zero-order valence-electron chi connectivity index (χ0n) is 9.92. The van der Waals surface area contributed by atoms with Crippen molar-refractivity contribution >= 4 is 11.7 Å². The van der Waals surface area contributed by atoms with Gasteiger partial charge in [-0.25, -0.2) is 19.2 Å². The standard InChI is InChI=1S/C12H10FN3O3/c1-19-9-4-2-3-8(15-9)10-6(13)5-7(14)11(16-10)12(17)18/h2-5H,14H2,1H3,(H,17,18). The van der Waals surface area contributed by atoms with E-state index in [4.69, 9.17) is 15.6 Å². The fourth-order valence-corrected chi connectivity index (χ4v) is 1.51. The number of anilines is 1. The highest BCUT2D eigenvalue weighted by molar-refractivity contribution is 5.92. The van der Waals surface area contributed by atoms with E-state index in [9.17, 15) is 9.18 Å². The van der Waals surface area contributed by atoms with E-state index < -0.39 is 17.5 Å². The van der Waals surface area contributed by atoms with Crippen LogP contribution in [0.4, 0.5) is 10.1 Å². The van der Waals surface area contributed by atoms with Crippen LogP contribution in [0.5, 0.6) is 5.88 Å². The molecular weight excluding hydrogens is 253 g/mol. The van der Waals surface area contributed by atoms with E-state index in [2.05, 4.69) is 9.97 Å². The SMILES string of the molecule is COc1cccc(-c2nc(C(=O)O)c(N)cc2F)n1. The maximum absolute atomic E-state index is 13.8. The average Bonchev–Trinajstić information content (AvgIpc) is 2.38. The lowest BCUT2D eigenvalue weighted by atomic mass is 10.2. The Morgan fingerprint density at radius 3 is 2.79 bits per heavy atom. The molecule has 0 amide bonds. The molecule has 19 heavy (non-hydrogen) atoms. The van der Waals surface area contributed by atoms with Crippen molar-refractivity contribution in [2.75, 3.05) is 12.8 Å².